The van der Waals surface area contributed by atoms with Crippen LogP contribution in [0.25, 0.3) is 10.9 Å². The molecule has 0 bridgehead atoms. The van der Waals surface area contributed by atoms with E-state index in [2.05, 4.69) is 58.3 Å². The average Bonchev–Trinajstić information content (AvgIpc) is 3.06. The third kappa shape index (κ3) is 3.06. The first-order valence-electron chi connectivity index (χ1n) is 6.62. The van der Waals surface area contributed by atoms with Gasteiger partial charge in [-0.1, -0.05) is 12.1 Å². The first kappa shape index (κ1) is 12.5. The predicted octanol–water partition coefficient (Wildman–Crippen LogP) is 3.95. The van der Waals surface area contributed by atoms with Gasteiger partial charge in [0.15, 0.2) is 0 Å². The van der Waals surface area contributed by atoms with Crippen molar-refractivity contribution in [2.24, 2.45) is 0 Å². The summed E-state index contributed by atoms with van der Waals surface area (Å²) in [6, 6.07) is 11.4. The summed E-state index contributed by atoms with van der Waals surface area (Å²) < 4.78 is 0. The van der Waals surface area contributed by atoms with Gasteiger partial charge in [-0.25, -0.2) is 0 Å². The molecule has 3 rings (SSSR count). The number of aromatic nitrogens is 1. The van der Waals surface area contributed by atoms with Crippen molar-refractivity contribution in [3.63, 3.8) is 0 Å². The molecule has 3 aromatic rings. The molecule has 2 nitrogen and oxygen atoms in total. The quantitative estimate of drug-likeness (QED) is 0.722. The molecule has 0 aliphatic carbocycles. The highest BCUT2D eigenvalue weighted by molar-refractivity contribution is 7.07. The van der Waals surface area contributed by atoms with Crippen molar-refractivity contribution < 1.29 is 0 Å². The summed E-state index contributed by atoms with van der Waals surface area (Å²) >= 11 is 1.77. The molecule has 1 aromatic carbocycles. The third-order valence-corrected chi connectivity index (χ3v) is 4.13. The van der Waals surface area contributed by atoms with Crippen LogP contribution >= 0.6 is 11.3 Å². The van der Waals surface area contributed by atoms with Gasteiger partial charge < -0.3 is 10.3 Å². The number of benzene rings is 1. The molecule has 0 aliphatic heterocycles. The standard InChI is InChI=1S/C16H18N2S/c1-12(8-14-5-7-19-11-14)18-10-13-2-3-15-4-6-17-16(15)9-13/h2-7,9,11-12,17-18H,8,10H2,1H3. The Morgan fingerprint density at radius 3 is 3.00 bits per heavy atom. The minimum absolute atomic E-state index is 0.494. The maximum absolute atomic E-state index is 3.58. The second-order valence-electron chi connectivity index (χ2n) is 5.02. The SMILES string of the molecule is CC(Cc1ccsc1)NCc1ccc2cc[nH]c2c1. The van der Waals surface area contributed by atoms with E-state index in [-0.39, 0.29) is 0 Å². The number of thiophene rings is 1. The fourth-order valence-corrected chi connectivity index (χ4v) is 3.01. The van der Waals surface area contributed by atoms with Crippen molar-refractivity contribution >= 4 is 22.2 Å². The Morgan fingerprint density at radius 1 is 1.21 bits per heavy atom. The fraction of sp³-hybridized carbons (Fsp3) is 0.250. The lowest BCUT2D eigenvalue weighted by atomic mass is 10.1. The van der Waals surface area contributed by atoms with Gasteiger partial charge in [0.05, 0.1) is 0 Å². The highest BCUT2D eigenvalue weighted by Gasteiger charge is 2.04. The summed E-state index contributed by atoms with van der Waals surface area (Å²) in [5.74, 6) is 0. The first-order valence-corrected chi connectivity index (χ1v) is 7.56. The first-order chi connectivity index (χ1) is 9.31. The molecule has 0 amide bonds. The fourth-order valence-electron chi connectivity index (χ4n) is 2.33. The average molecular weight is 270 g/mol. The van der Waals surface area contributed by atoms with E-state index in [4.69, 9.17) is 0 Å². The Morgan fingerprint density at radius 2 is 2.16 bits per heavy atom. The molecule has 1 atom stereocenters. The van der Waals surface area contributed by atoms with Gasteiger partial charge in [-0.2, -0.15) is 11.3 Å². The van der Waals surface area contributed by atoms with Crippen LogP contribution < -0.4 is 5.32 Å². The highest BCUT2D eigenvalue weighted by Crippen LogP contribution is 2.14. The van der Waals surface area contributed by atoms with Gasteiger partial charge in [-0.3, -0.25) is 0 Å². The Labute approximate surface area is 117 Å². The molecule has 0 saturated heterocycles. The summed E-state index contributed by atoms with van der Waals surface area (Å²) in [6.07, 6.45) is 3.08. The molecule has 0 fully saturated rings. The largest absolute Gasteiger partial charge is 0.361 e. The molecule has 2 aromatic heterocycles. The van der Waals surface area contributed by atoms with Crippen LogP contribution in [0.4, 0.5) is 0 Å². The number of hydrogen-bond donors (Lipinski definition) is 2. The third-order valence-electron chi connectivity index (χ3n) is 3.40. The lowest BCUT2D eigenvalue weighted by Gasteiger charge is -2.13. The number of rotatable bonds is 5. The topological polar surface area (TPSA) is 27.8 Å². The van der Waals surface area contributed by atoms with Crippen LogP contribution in [0, 0.1) is 0 Å². The van der Waals surface area contributed by atoms with Gasteiger partial charge in [0.25, 0.3) is 0 Å². The van der Waals surface area contributed by atoms with Gasteiger partial charge >= 0.3 is 0 Å². The molecular formula is C16H18N2S. The van der Waals surface area contributed by atoms with E-state index in [0.29, 0.717) is 6.04 Å². The Hall–Kier alpha value is -1.58. The molecule has 2 N–H and O–H groups in total. The second kappa shape index (κ2) is 5.59. The number of hydrogen-bond acceptors (Lipinski definition) is 2. The maximum Gasteiger partial charge on any atom is 0.0457 e. The van der Waals surface area contributed by atoms with Crippen LogP contribution in [-0.2, 0) is 13.0 Å². The van der Waals surface area contributed by atoms with Crippen molar-refractivity contribution in [2.45, 2.75) is 25.9 Å². The summed E-state index contributed by atoms with van der Waals surface area (Å²) in [7, 11) is 0. The number of aromatic amines is 1. The van der Waals surface area contributed by atoms with Crippen LogP contribution in [0.2, 0.25) is 0 Å². The molecule has 19 heavy (non-hydrogen) atoms. The van der Waals surface area contributed by atoms with Crippen LogP contribution in [0.5, 0.6) is 0 Å². The van der Waals surface area contributed by atoms with Crippen molar-refractivity contribution in [1.29, 1.82) is 0 Å². The lowest BCUT2D eigenvalue weighted by molar-refractivity contribution is 0.546. The highest BCUT2D eigenvalue weighted by atomic mass is 32.1. The van der Waals surface area contributed by atoms with Gasteiger partial charge in [0, 0.05) is 24.3 Å². The van der Waals surface area contributed by atoms with Crippen molar-refractivity contribution in [3.8, 4) is 0 Å². The Bertz CT molecular complexity index is 640. The Kier molecular flexibility index (Phi) is 3.67. The van der Waals surface area contributed by atoms with E-state index in [1.165, 1.54) is 22.0 Å². The van der Waals surface area contributed by atoms with Crippen LogP contribution in [0.3, 0.4) is 0 Å². The lowest BCUT2D eigenvalue weighted by Crippen LogP contribution is -2.27. The van der Waals surface area contributed by atoms with E-state index < -0.39 is 0 Å². The van der Waals surface area contributed by atoms with Crippen LogP contribution in [-0.4, -0.2) is 11.0 Å². The number of fused-ring (bicyclic) bond motifs is 1. The van der Waals surface area contributed by atoms with Crippen molar-refractivity contribution in [2.75, 3.05) is 0 Å². The predicted molar refractivity (Wildman–Crippen MR) is 82.6 cm³/mol. The van der Waals surface area contributed by atoms with Gasteiger partial charge in [0.2, 0.25) is 0 Å². The van der Waals surface area contributed by atoms with E-state index in [0.717, 1.165) is 13.0 Å². The van der Waals surface area contributed by atoms with E-state index in [1.807, 2.05) is 6.20 Å². The summed E-state index contributed by atoms with van der Waals surface area (Å²) in [5, 5.41) is 9.22. The Balaban J connectivity index is 1.59. The molecule has 1 unspecified atom stereocenters. The zero-order valence-electron chi connectivity index (χ0n) is 11.0. The molecule has 2 heterocycles. The number of H-pyrrole nitrogens is 1. The van der Waals surface area contributed by atoms with Gasteiger partial charge in [-0.15, -0.1) is 0 Å². The number of nitrogens with one attached hydrogen (secondary N) is 2. The van der Waals surface area contributed by atoms with Crippen LogP contribution in [0.1, 0.15) is 18.1 Å². The summed E-state index contributed by atoms with van der Waals surface area (Å²) in [4.78, 5) is 3.26. The molecule has 3 heteroatoms. The second-order valence-corrected chi connectivity index (χ2v) is 5.80. The van der Waals surface area contributed by atoms with Gasteiger partial charge in [0.1, 0.15) is 0 Å². The van der Waals surface area contributed by atoms with Gasteiger partial charge in [-0.05, 0) is 58.8 Å². The molecular weight excluding hydrogens is 252 g/mol. The minimum atomic E-state index is 0.494. The van der Waals surface area contributed by atoms with Crippen LogP contribution in [0.15, 0.2) is 47.3 Å². The molecule has 0 spiro atoms. The zero-order chi connectivity index (χ0) is 13.1. The monoisotopic (exact) mass is 270 g/mol. The van der Waals surface area contributed by atoms with E-state index in [9.17, 15) is 0 Å². The summed E-state index contributed by atoms with van der Waals surface area (Å²) in [5.41, 5.74) is 3.96. The van der Waals surface area contributed by atoms with Crippen molar-refractivity contribution in [3.05, 3.63) is 58.4 Å². The maximum atomic E-state index is 3.58. The minimum Gasteiger partial charge on any atom is -0.361 e. The smallest absolute Gasteiger partial charge is 0.0457 e. The molecule has 0 saturated carbocycles. The molecule has 0 aliphatic rings. The molecule has 98 valence electrons. The summed E-state index contributed by atoms with van der Waals surface area (Å²) in [6.45, 7) is 3.16. The van der Waals surface area contributed by atoms with E-state index >= 15 is 0 Å². The zero-order valence-corrected chi connectivity index (χ0v) is 11.8. The van der Waals surface area contributed by atoms with Crippen molar-refractivity contribution in [1.82, 2.24) is 10.3 Å². The normalized spacial score (nSPS) is 12.9. The van der Waals surface area contributed by atoms with E-state index in [1.54, 1.807) is 11.3 Å². The molecule has 0 radical (unpaired) electrons.